The molecule has 1 amide bonds. The van der Waals surface area contributed by atoms with Gasteiger partial charge in [-0.15, -0.1) is 0 Å². The average molecular weight is 274 g/mol. The van der Waals surface area contributed by atoms with Crippen molar-refractivity contribution in [1.29, 1.82) is 0 Å². The van der Waals surface area contributed by atoms with Gasteiger partial charge in [0, 0.05) is 12.1 Å². The number of nitrogens with zero attached hydrogens (tertiary/aromatic N) is 1. The summed E-state index contributed by atoms with van der Waals surface area (Å²) in [7, 11) is -3.59. The summed E-state index contributed by atoms with van der Waals surface area (Å²) in [6, 6.07) is 1.45. The van der Waals surface area contributed by atoms with E-state index in [0.29, 0.717) is 5.69 Å². The summed E-state index contributed by atoms with van der Waals surface area (Å²) in [6.07, 6.45) is 0. The van der Waals surface area contributed by atoms with Crippen molar-refractivity contribution in [3.63, 3.8) is 0 Å². The lowest BCUT2D eigenvalue weighted by molar-refractivity contribution is -0.120. The van der Waals surface area contributed by atoms with Gasteiger partial charge in [-0.1, -0.05) is 5.16 Å². The fourth-order valence-corrected chi connectivity index (χ4v) is 2.55. The van der Waals surface area contributed by atoms with Crippen LogP contribution in [0.5, 0.6) is 0 Å². The zero-order chi connectivity index (χ0) is 13.9. The number of carbonyl (C=O) groups is 1. The number of aryl methyl sites for hydroxylation is 1. The summed E-state index contributed by atoms with van der Waals surface area (Å²) in [5, 5.41) is 5.08. The number of hydrogen-bond acceptors (Lipinski definition) is 5. The molecule has 0 aliphatic heterocycles. The van der Waals surface area contributed by atoms with Gasteiger partial charge < -0.3 is 9.84 Å². The Labute approximate surface area is 107 Å². The zero-order valence-corrected chi connectivity index (χ0v) is 11.7. The van der Waals surface area contributed by atoms with E-state index in [4.69, 9.17) is 4.52 Å². The molecule has 0 aromatic carbocycles. The quantitative estimate of drug-likeness (QED) is 0.858. The maximum Gasteiger partial charge on any atom is 0.238 e. The van der Waals surface area contributed by atoms with Gasteiger partial charge >= 0.3 is 0 Å². The van der Waals surface area contributed by atoms with Crippen molar-refractivity contribution in [3.8, 4) is 0 Å². The van der Waals surface area contributed by atoms with E-state index in [2.05, 4.69) is 10.5 Å². The molecule has 102 valence electrons. The minimum absolute atomic E-state index is 0.0947. The molecule has 1 aromatic rings. The molecule has 1 atom stereocenters. The fourth-order valence-electron chi connectivity index (χ4n) is 1.37. The predicted octanol–water partition coefficient (Wildman–Crippen LogP) is 0.811. The molecule has 0 bridgehead atoms. The molecule has 0 radical (unpaired) electrons. The Morgan fingerprint density at radius 1 is 1.44 bits per heavy atom. The smallest absolute Gasteiger partial charge is 0.238 e. The van der Waals surface area contributed by atoms with Crippen LogP contribution >= 0.6 is 0 Å². The second kappa shape index (κ2) is 5.51. The normalized spacial score (nSPS) is 13.6. The largest absolute Gasteiger partial charge is 0.360 e. The van der Waals surface area contributed by atoms with Crippen molar-refractivity contribution in [2.24, 2.45) is 0 Å². The van der Waals surface area contributed by atoms with E-state index in [1.807, 2.05) is 0 Å². The molecule has 0 saturated carbocycles. The molecular weight excluding hydrogens is 256 g/mol. The van der Waals surface area contributed by atoms with Gasteiger partial charge in [-0.05, 0) is 27.7 Å². The van der Waals surface area contributed by atoms with E-state index >= 15 is 0 Å². The molecule has 7 heteroatoms. The fraction of sp³-hybridized carbons (Fsp3) is 0.636. The van der Waals surface area contributed by atoms with E-state index in [0.717, 1.165) is 0 Å². The molecule has 1 heterocycles. The highest BCUT2D eigenvalue weighted by Crippen LogP contribution is 2.12. The van der Waals surface area contributed by atoms with E-state index in [1.54, 1.807) is 26.8 Å². The first-order chi connectivity index (χ1) is 8.22. The minimum Gasteiger partial charge on any atom is -0.360 e. The molecule has 0 spiro atoms. The van der Waals surface area contributed by atoms with Crippen LogP contribution in [0.15, 0.2) is 10.6 Å². The summed E-state index contributed by atoms with van der Waals surface area (Å²) in [5.74, 6) is -0.571. The number of hydrogen-bond donors (Lipinski definition) is 1. The van der Waals surface area contributed by atoms with Gasteiger partial charge in [0.2, 0.25) is 5.91 Å². The molecular formula is C11H18N2O4S. The third-order valence-electron chi connectivity index (χ3n) is 2.36. The zero-order valence-electron chi connectivity index (χ0n) is 10.9. The number of nitrogens with one attached hydrogen (secondary N) is 1. The Balaban J connectivity index is 2.77. The van der Waals surface area contributed by atoms with Crippen LogP contribution in [0.4, 0.5) is 0 Å². The van der Waals surface area contributed by atoms with Gasteiger partial charge in [-0.2, -0.15) is 0 Å². The number of carbonyl (C=O) groups excluding carboxylic acids is 1. The van der Waals surface area contributed by atoms with Crippen LogP contribution < -0.4 is 5.32 Å². The lowest BCUT2D eigenvalue weighted by Crippen LogP contribution is -2.41. The van der Waals surface area contributed by atoms with Gasteiger partial charge in [0.1, 0.15) is 11.0 Å². The lowest BCUT2D eigenvalue weighted by atomic mass is 10.3. The lowest BCUT2D eigenvalue weighted by Gasteiger charge is -2.14. The van der Waals surface area contributed by atoms with Crippen LogP contribution in [0.25, 0.3) is 0 Å². The highest BCUT2D eigenvalue weighted by molar-refractivity contribution is 7.92. The van der Waals surface area contributed by atoms with Crippen molar-refractivity contribution in [2.75, 3.05) is 0 Å². The number of amides is 1. The summed E-state index contributed by atoms with van der Waals surface area (Å²) in [4.78, 5) is 11.7. The van der Waals surface area contributed by atoms with Crippen molar-refractivity contribution < 1.29 is 17.7 Å². The maximum absolute atomic E-state index is 12.0. The monoisotopic (exact) mass is 274 g/mol. The first-order valence-corrected chi connectivity index (χ1v) is 7.38. The average Bonchev–Trinajstić information content (AvgIpc) is 2.60. The van der Waals surface area contributed by atoms with Crippen molar-refractivity contribution >= 4 is 15.7 Å². The molecule has 1 N–H and O–H groups in total. The summed E-state index contributed by atoms with van der Waals surface area (Å²) in [5.41, 5.74) is 0.611. The number of sulfone groups is 1. The Morgan fingerprint density at radius 2 is 2.06 bits per heavy atom. The highest BCUT2D eigenvalue weighted by atomic mass is 32.2. The molecule has 0 unspecified atom stereocenters. The van der Waals surface area contributed by atoms with E-state index in [9.17, 15) is 13.2 Å². The third kappa shape index (κ3) is 3.83. The topological polar surface area (TPSA) is 89.3 Å². The predicted molar refractivity (Wildman–Crippen MR) is 66.6 cm³/mol. The molecule has 18 heavy (non-hydrogen) atoms. The van der Waals surface area contributed by atoms with Crippen molar-refractivity contribution in [2.45, 2.75) is 44.7 Å². The van der Waals surface area contributed by atoms with Gasteiger partial charge in [0.05, 0.1) is 5.69 Å². The van der Waals surface area contributed by atoms with Gasteiger partial charge in [0.15, 0.2) is 15.6 Å². The number of rotatable bonds is 5. The van der Waals surface area contributed by atoms with Crippen LogP contribution in [0.1, 0.15) is 32.2 Å². The first kappa shape index (κ1) is 14.7. The Bertz CT molecular complexity index is 519. The molecule has 0 aliphatic carbocycles. The Kier molecular flexibility index (Phi) is 4.50. The summed E-state index contributed by atoms with van der Waals surface area (Å²) < 4.78 is 28.8. The summed E-state index contributed by atoms with van der Waals surface area (Å²) in [6.45, 7) is 6.62. The molecule has 1 rings (SSSR count). The number of aromatic nitrogens is 1. The van der Waals surface area contributed by atoms with Crippen LogP contribution in [0, 0.1) is 6.92 Å². The van der Waals surface area contributed by atoms with E-state index in [-0.39, 0.29) is 17.6 Å². The Morgan fingerprint density at radius 3 is 2.50 bits per heavy atom. The molecule has 0 aliphatic rings. The van der Waals surface area contributed by atoms with E-state index < -0.39 is 21.0 Å². The first-order valence-electron chi connectivity index (χ1n) is 5.66. The van der Waals surface area contributed by atoms with Gasteiger partial charge in [-0.25, -0.2) is 8.42 Å². The second-order valence-corrected chi connectivity index (χ2v) is 6.87. The molecule has 0 saturated heterocycles. The molecule has 0 fully saturated rings. The van der Waals surface area contributed by atoms with Crippen LogP contribution in [-0.2, 0) is 20.4 Å². The van der Waals surface area contributed by atoms with Crippen molar-refractivity contribution in [3.05, 3.63) is 17.5 Å². The second-order valence-electron chi connectivity index (χ2n) is 4.55. The van der Waals surface area contributed by atoms with Gasteiger partial charge in [0.25, 0.3) is 0 Å². The highest BCUT2D eigenvalue weighted by Gasteiger charge is 2.29. The van der Waals surface area contributed by atoms with E-state index in [1.165, 1.54) is 6.92 Å². The Hall–Kier alpha value is -1.37. The SMILES string of the molecule is Cc1cc(CS(=O)(=O)[C@H](C)C(=O)NC(C)C)on1. The summed E-state index contributed by atoms with van der Waals surface area (Å²) >= 11 is 0. The third-order valence-corrected chi connectivity index (χ3v) is 4.34. The van der Waals surface area contributed by atoms with Crippen molar-refractivity contribution in [1.82, 2.24) is 10.5 Å². The van der Waals surface area contributed by atoms with Crippen LogP contribution in [-0.4, -0.2) is 30.8 Å². The van der Waals surface area contributed by atoms with Crippen LogP contribution in [0.3, 0.4) is 0 Å². The van der Waals surface area contributed by atoms with Gasteiger partial charge in [-0.3, -0.25) is 4.79 Å². The molecule has 1 aromatic heterocycles. The maximum atomic E-state index is 12.0. The minimum atomic E-state index is -3.59. The standard InChI is InChI=1S/C11H18N2O4S/c1-7(2)12-11(14)9(4)18(15,16)6-10-5-8(3)13-17-10/h5,7,9H,6H2,1-4H3,(H,12,14)/t9-/m1/s1. The molecule has 6 nitrogen and oxygen atoms in total. The van der Waals surface area contributed by atoms with Crippen LogP contribution in [0.2, 0.25) is 0 Å².